The third-order valence-corrected chi connectivity index (χ3v) is 7.14. The standard InChI is InChI=1S/C32H42N2O2/c1-8-33(9-2)27-17-19-29(23(6)21-27)31(25-13-15-26(16-14-25)32(35)36-12-5)30-20-18-28(22-24(30)7)34(10-3)11-4/h13-22,31H,8-12H2,1-7H3. The highest BCUT2D eigenvalue weighted by Crippen LogP contribution is 2.38. The third-order valence-electron chi connectivity index (χ3n) is 7.14. The number of nitrogens with zero attached hydrogens (tertiary/aromatic N) is 2. The van der Waals surface area contributed by atoms with Crippen molar-refractivity contribution in [3.05, 3.63) is 94.0 Å². The fourth-order valence-corrected chi connectivity index (χ4v) is 5.09. The molecule has 0 heterocycles. The number of carbonyl (C=O) groups is 1. The zero-order valence-electron chi connectivity index (χ0n) is 23.1. The summed E-state index contributed by atoms with van der Waals surface area (Å²) >= 11 is 0. The first kappa shape index (κ1) is 27.3. The van der Waals surface area contributed by atoms with Gasteiger partial charge in [-0.2, -0.15) is 0 Å². The largest absolute Gasteiger partial charge is 0.462 e. The SMILES string of the molecule is CCOC(=O)c1ccc(C(c2ccc(N(CC)CC)cc2C)c2ccc(N(CC)CC)cc2C)cc1. The molecule has 0 saturated carbocycles. The van der Waals surface area contributed by atoms with Crippen LogP contribution in [0.2, 0.25) is 0 Å². The highest BCUT2D eigenvalue weighted by Gasteiger charge is 2.22. The van der Waals surface area contributed by atoms with Crippen molar-refractivity contribution in [3.8, 4) is 0 Å². The van der Waals surface area contributed by atoms with E-state index in [2.05, 4.69) is 99.9 Å². The van der Waals surface area contributed by atoms with Crippen LogP contribution in [0.25, 0.3) is 0 Å². The summed E-state index contributed by atoms with van der Waals surface area (Å²) in [7, 11) is 0. The van der Waals surface area contributed by atoms with Crippen molar-refractivity contribution in [1.82, 2.24) is 0 Å². The molecule has 0 fully saturated rings. The lowest BCUT2D eigenvalue weighted by Gasteiger charge is -2.27. The number of ether oxygens (including phenoxy) is 1. The molecule has 0 radical (unpaired) electrons. The maximum absolute atomic E-state index is 12.3. The summed E-state index contributed by atoms with van der Waals surface area (Å²) in [5.41, 5.74) is 9.37. The van der Waals surface area contributed by atoms with Crippen LogP contribution < -0.4 is 9.80 Å². The van der Waals surface area contributed by atoms with Crippen LogP contribution >= 0.6 is 0 Å². The van der Waals surface area contributed by atoms with E-state index in [1.165, 1.54) is 39.2 Å². The summed E-state index contributed by atoms with van der Waals surface area (Å²) < 4.78 is 5.20. The molecule has 0 spiro atoms. The second-order valence-corrected chi connectivity index (χ2v) is 9.20. The van der Waals surface area contributed by atoms with Gasteiger partial charge in [0.25, 0.3) is 0 Å². The number of esters is 1. The molecule has 4 nitrogen and oxygen atoms in total. The van der Waals surface area contributed by atoms with Gasteiger partial charge < -0.3 is 14.5 Å². The Bertz CT molecular complexity index is 1080. The van der Waals surface area contributed by atoms with Crippen LogP contribution in [0, 0.1) is 13.8 Å². The minimum absolute atomic E-state index is 0.0674. The first-order valence-corrected chi connectivity index (χ1v) is 13.4. The molecule has 0 bridgehead atoms. The molecule has 0 aliphatic rings. The Balaban J connectivity index is 2.13. The molecule has 0 atom stereocenters. The lowest BCUT2D eigenvalue weighted by Crippen LogP contribution is -2.22. The summed E-state index contributed by atoms with van der Waals surface area (Å²) in [6, 6.07) is 21.6. The van der Waals surface area contributed by atoms with Gasteiger partial charge in [0.2, 0.25) is 0 Å². The molecule has 0 N–H and O–H groups in total. The van der Waals surface area contributed by atoms with Crippen molar-refractivity contribution in [3.63, 3.8) is 0 Å². The maximum Gasteiger partial charge on any atom is 0.338 e. The summed E-state index contributed by atoms with van der Waals surface area (Å²) in [6.07, 6.45) is 0. The number of hydrogen-bond acceptors (Lipinski definition) is 4. The molecule has 0 unspecified atom stereocenters. The zero-order chi connectivity index (χ0) is 26.2. The lowest BCUT2D eigenvalue weighted by molar-refractivity contribution is 0.0526. The monoisotopic (exact) mass is 486 g/mol. The van der Waals surface area contributed by atoms with Crippen LogP contribution in [-0.4, -0.2) is 38.8 Å². The van der Waals surface area contributed by atoms with E-state index in [1.54, 1.807) is 0 Å². The number of rotatable bonds is 11. The Kier molecular flexibility index (Phi) is 9.58. The molecular weight excluding hydrogens is 444 g/mol. The average Bonchev–Trinajstić information content (AvgIpc) is 2.88. The second-order valence-electron chi connectivity index (χ2n) is 9.20. The van der Waals surface area contributed by atoms with Crippen molar-refractivity contribution in [2.24, 2.45) is 0 Å². The molecule has 0 aliphatic heterocycles. The van der Waals surface area contributed by atoms with E-state index in [1.807, 2.05) is 19.1 Å². The normalized spacial score (nSPS) is 11.0. The second kappa shape index (κ2) is 12.6. The first-order chi connectivity index (χ1) is 17.4. The Labute approximate surface area is 217 Å². The zero-order valence-corrected chi connectivity index (χ0v) is 23.1. The van der Waals surface area contributed by atoms with Gasteiger partial charge in [0.15, 0.2) is 0 Å². The smallest absolute Gasteiger partial charge is 0.338 e. The summed E-state index contributed by atoms with van der Waals surface area (Å²) in [5.74, 6) is -0.210. The van der Waals surface area contributed by atoms with Crippen LogP contribution in [-0.2, 0) is 4.74 Å². The molecule has 0 saturated heterocycles. The molecule has 3 aromatic rings. The van der Waals surface area contributed by atoms with Gasteiger partial charge in [-0.25, -0.2) is 4.79 Å². The van der Waals surface area contributed by atoms with Crippen LogP contribution in [0.15, 0.2) is 60.7 Å². The molecule has 4 heteroatoms. The fraction of sp³-hybridized carbons (Fsp3) is 0.406. The minimum atomic E-state index is -0.278. The predicted octanol–water partition coefficient (Wildman–Crippen LogP) is 7.35. The Morgan fingerprint density at radius 3 is 1.50 bits per heavy atom. The van der Waals surface area contributed by atoms with Crippen LogP contribution in [0.1, 0.15) is 78.7 Å². The quantitative estimate of drug-likeness (QED) is 0.209. The molecule has 3 aromatic carbocycles. The van der Waals surface area contributed by atoms with Gasteiger partial charge in [-0.3, -0.25) is 0 Å². The van der Waals surface area contributed by atoms with Crippen molar-refractivity contribution >= 4 is 17.3 Å². The van der Waals surface area contributed by atoms with E-state index in [0.29, 0.717) is 12.2 Å². The Morgan fingerprint density at radius 2 is 1.14 bits per heavy atom. The highest BCUT2D eigenvalue weighted by molar-refractivity contribution is 5.89. The van der Waals surface area contributed by atoms with Crippen LogP contribution in [0.3, 0.4) is 0 Å². The molecule has 0 aliphatic carbocycles. The third kappa shape index (κ3) is 5.92. The number of benzene rings is 3. The number of aryl methyl sites for hydroxylation is 2. The van der Waals surface area contributed by atoms with Gasteiger partial charge >= 0.3 is 5.97 Å². The topological polar surface area (TPSA) is 32.8 Å². The number of carbonyl (C=O) groups excluding carboxylic acids is 1. The summed E-state index contributed by atoms with van der Waals surface area (Å²) in [4.78, 5) is 17.0. The first-order valence-electron chi connectivity index (χ1n) is 13.4. The van der Waals surface area contributed by atoms with E-state index in [9.17, 15) is 4.79 Å². The summed E-state index contributed by atoms with van der Waals surface area (Å²) in [6.45, 7) is 19.4. The highest BCUT2D eigenvalue weighted by atomic mass is 16.5. The van der Waals surface area contributed by atoms with Gasteiger partial charge in [0, 0.05) is 43.5 Å². The maximum atomic E-state index is 12.3. The van der Waals surface area contributed by atoms with E-state index in [4.69, 9.17) is 4.74 Å². The van der Waals surface area contributed by atoms with Gasteiger partial charge in [0.05, 0.1) is 12.2 Å². The van der Waals surface area contributed by atoms with E-state index in [-0.39, 0.29) is 11.9 Å². The molecule has 0 aromatic heterocycles. The number of hydrogen-bond donors (Lipinski definition) is 0. The van der Waals surface area contributed by atoms with Crippen LogP contribution in [0.5, 0.6) is 0 Å². The van der Waals surface area contributed by atoms with Crippen molar-refractivity contribution < 1.29 is 9.53 Å². The van der Waals surface area contributed by atoms with Crippen molar-refractivity contribution in [2.75, 3.05) is 42.6 Å². The lowest BCUT2D eigenvalue weighted by atomic mass is 9.81. The van der Waals surface area contributed by atoms with E-state index in [0.717, 1.165) is 26.2 Å². The predicted molar refractivity (Wildman–Crippen MR) is 153 cm³/mol. The van der Waals surface area contributed by atoms with Crippen molar-refractivity contribution in [2.45, 2.75) is 54.4 Å². The fourth-order valence-electron chi connectivity index (χ4n) is 5.09. The molecule has 3 rings (SSSR count). The average molecular weight is 487 g/mol. The van der Waals surface area contributed by atoms with Gasteiger partial charge in [-0.15, -0.1) is 0 Å². The Morgan fingerprint density at radius 1 is 0.694 bits per heavy atom. The van der Waals surface area contributed by atoms with E-state index < -0.39 is 0 Å². The molecule has 36 heavy (non-hydrogen) atoms. The molecule has 192 valence electrons. The summed E-state index contributed by atoms with van der Waals surface area (Å²) in [5, 5.41) is 0. The van der Waals surface area contributed by atoms with Crippen molar-refractivity contribution in [1.29, 1.82) is 0 Å². The number of anilines is 2. The van der Waals surface area contributed by atoms with Gasteiger partial charge in [-0.05, 0) is 113 Å². The van der Waals surface area contributed by atoms with Gasteiger partial charge in [-0.1, -0.05) is 24.3 Å². The molecule has 0 amide bonds. The minimum Gasteiger partial charge on any atom is -0.462 e. The van der Waals surface area contributed by atoms with Crippen LogP contribution in [0.4, 0.5) is 11.4 Å². The van der Waals surface area contributed by atoms with E-state index >= 15 is 0 Å². The van der Waals surface area contributed by atoms with Gasteiger partial charge in [0.1, 0.15) is 0 Å². The Hall–Kier alpha value is -3.27. The molecular formula is C32H42N2O2.